The maximum absolute atomic E-state index is 12.6. The van der Waals surface area contributed by atoms with Crippen LogP contribution in [0.15, 0.2) is 59.4 Å². The number of hydrogen-bond donors (Lipinski definition) is 5. The molecule has 162 valence electrons. The van der Waals surface area contributed by atoms with Gasteiger partial charge in [0.2, 0.25) is 10.0 Å². The van der Waals surface area contributed by atoms with Crippen LogP contribution in [0.4, 0.5) is 5.95 Å². The Bertz CT molecular complexity index is 947. The molecule has 2 aromatic rings. The Kier molecular flexibility index (Phi) is 7.44. The van der Waals surface area contributed by atoms with Crippen LogP contribution >= 0.6 is 0 Å². The highest BCUT2D eigenvalue weighted by atomic mass is 32.2. The standard InChI is InChI=1S/C19H25N5O5S/c25-18(26)13-17(24-30(27,28)15-7-2-1-3-8-15)16-12-14(29-23-16)6-4-5-9-20-19-21-10-11-22-19/h1-3,7-8,10-12,14,17,23-24H,4-6,9,13H2,(H,25,26)(H2,20,21,22). The van der Waals surface area contributed by atoms with E-state index in [2.05, 4.69) is 25.5 Å². The number of carbonyl (C=O) groups is 1. The van der Waals surface area contributed by atoms with E-state index in [0.29, 0.717) is 12.1 Å². The number of aromatic nitrogens is 2. The summed E-state index contributed by atoms with van der Waals surface area (Å²) >= 11 is 0. The van der Waals surface area contributed by atoms with E-state index in [9.17, 15) is 18.3 Å². The fraction of sp³-hybridized carbons (Fsp3) is 0.368. The Balaban J connectivity index is 1.54. The Labute approximate surface area is 174 Å². The number of sulfonamides is 1. The Morgan fingerprint density at radius 3 is 2.77 bits per heavy atom. The molecule has 11 heteroatoms. The Morgan fingerprint density at radius 2 is 2.07 bits per heavy atom. The van der Waals surface area contributed by atoms with E-state index >= 15 is 0 Å². The predicted molar refractivity (Wildman–Crippen MR) is 110 cm³/mol. The lowest BCUT2D eigenvalue weighted by Gasteiger charge is -2.18. The molecule has 2 unspecified atom stereocenters. The zero-order valence-corrected chi connectivity index (χ0v) is 17.1. The van der Waals surface area contributed by atoms with Crippen LogP contribution in [0.1, 0.15) is 25.7 Å². The molecule has 0 bridgehead atoms. The van der Waals surface area contributed by atoms with Crippen molar-refractivity contribution in [1.29, 1.82) is 0 Å². The second-order valence-electron chi connectivity index (χ2n) is 6.83. The second-order valence-corrected chi connectivity index (χ2v) is 8.54. The summed E-state index contributed by atoms with van der Waals surface area (Å²) in [5.41, 5.74) is 3.09. The number of aliphatic carboxylic acids is 1. The van der Waals surface area contributed by atoms with E-state index in [1.54, 1.807) is 36.7 Å². The van der Waals surface area contributed by atoms with Gasteiger partial charge in [-0.15, -0.1) is 0 Å². The molecule has 5 N–H and O–H groups in total. The van der Waals surface area contributed by atoms with Crippen LogP contribution in [0.25, 0.3) is 0 Å². The molecule has 3 rings (SSSR count). The Morgan fingerprint density at radius 1 is 1.27 bits per heavy atom. The van der Waals surface area contributed by atoms with Gasteiger partial charge in [-0.25, -0.2) is 18.1 Å². The highest BCUT2D eigenvalue weighted by Crippen LogP contribution is 2.19. The number of anilines is 1. The van der Waals surface area contributed by atoms with Gasteiger partial charge in [-0.2, -0.15) is 0 Å². The highest BCUT2D eigenvalue weighted by molar-refractivity contribution is 7.89. The molecular weight excluding hydrogens is 410 g/mol. The summed E-state index contributed by atoms with van der Waals surface area (Å²) in [7, 11) is -3.87. The lowest BCUT2D eigenvalue weighted by molar-refractivity contribution is -0.137. The zero-order valence-electron chi connectivity index (χ0n) is 16.2. The predicted octanol–water partition coefficient (Wildman–Crippen LogP) is 1.60. The van der Waals surface area contributed by atoms with Crippen molar-refractivity contribution in [3.8, 4) is 0 Å². The van der Waals surface area contributed by atoms with E-state index < -0.39 is 28.5 Å². The first-order valence-corrected chi connectivity index (χ1v) is 11.1. The minimum atomic E-state index is -3.87. The number of aromatic amines is 1. The third-order valence-electron chi connectivity index (χ3n) is 4.50. The quantitative estimate of drug-likeness (QED) is 0.316. The van der Waals surface area contributed by atoms with Gasteiger partial charge in [0.05, 0.1) is 23.1 Å². The molecule has 1 aromatic carbocycles. The van der Waals surface area contributed by atoms with Crippen LogP contribution < -0.4 is 15.5 Å². The van der Waals surface area contributed by atoms with Crippen molar-refractivity contribution in [1.82, 2.24) is 20.2 Å². The number of carboxylic acids is 1. The number of hydrogen-bond acceptors (Lipinski definition) is 7. The van der Waals surface area contributed by atoms with Crippen molar-refractivity contribution in [3.05, 3.63) is 54.5 Å². The topological polar surface area (TPSA) is 145 Å². The zero-order chi connectivity index (χ0) is 21.4. The summed E-state index contributed by atoms with van der Waals surface area (Å²) in [5.74, 6) is -0.399. The monoisotopic (exact) mass is 435 g/mol. The molecule has 0 saturated carbocycles. The van der Waals surface area contributed by atoms with Gasteiger partial charge < -0.3 is 15.4 Å². The molecule has 2 atom stereocenters. The fourth-order valence-corrected chi connectivity index (χ4v) is 4.26. The molecule has 10 nitrogen and oxygen atoms in total. The van der Waals surface area contributed by atoms with Gasteiger partial charge >= 0.3 is 5.97 Å². The van der Waals surface area contributed by atoms with Crippen LogP contribution in [0.3, 0.4) is 0 Å². The van der Waals surface area contributed by atoms with Gasteiger partial charge in [-0.1, -0.05) is 18.2 Å². The number of hydroxylamine groups is 1. The SMILES string of the molecule is O=C(O)CC(NS(=O)(=O)c1ccccc1)C1=CC(CCCCNc2ncc[nH]2)ON1. The molecule has 0 aliphatic carbocycles. The summed E-state index contributed by atoms with van der Waals surface area (Å²) in [6.45, 7) is 0.753. The summed E-state index contributed by atoms with van der Waals surface area (Å²) < 4.78 is 27.6. The smallest absolute Gasteiger partial charge is 0.305 e. The normalized spacial score (nSPS) is 17.2. The van der Waals surface area contributed by atoms with Crippen LogP contribution in [0.2, 0.25) is 0 Å². The molecule has 1 aliphatic rings. The largest absolute Gasteiger partial charge is 0.481 e. The van der Waals surface area contributed by atoms with E-state index in [4.69, 9.17) is 4.84 Å². The Hall–Kier alpha value is -2.89. The third-order valence-corrected chi connectivity index (χ3v) is 5.99. The first kappa shape index (κ1) is 21.8. The van der Waals surface area contributed by atoms with E-state index in [1.165, 1.54) is 12.1 Å². The van der Waals surface area contributed by atoms with Crippen LogP contribution in [-0.4, -0.2) is 48.2 Å². The maximum Gasteiger partial charge on any atom is 0.305 e. The number of nitrogens with one attached hydrogen (secondary N) is 4. The molecule has 1 aromatic heterocycles. The molecule has 0 radical (unpaired) electrons. The van der Waals surface area contributed by atoms with Crippen LogP contribution in [0.5, 0.6) is 0 Å². The molecule has 2 heterocycles. The summed E-state index contributed by atoms with van der Waals surface area (Å²) in [4.78, 5) is 23.9. The summed E-state index contributed by atoms with van der Waals surface area (Å²) in [5, 5.41) is 12.4. The first-order valence-electron chi connectivity index (χ1n) is 9.60. The lowest BCUT2D eigenvalue weighted by atomic mass is 10.1. The van der Waals surface area contributed by atoms with Gasteiger partial charge in [-0.3, -0.25) is 15.1 Å². The van der Waals surface area contributed by atoms with Crippen molar-refractivity contribution in [2.45, 2.75) is 42.7 Å². The number of imidazole rings is 1. The number of benzene rings is 1. The van der Waals surface area contributed by atoms with Gasteiger partial charge in [0.15, 0.2) is 5.95 Å². The van der Waals surface area contributed by atoms with Crippen LogP contribution in [0, 0.1) is 0 Å². The van der Waals surface area contributed by atoms with Crippen LogP contribution in [-0.2, 0) is 19.7 Å². The summed E-state index contributed by atoms with van der Waals surface area (Å²) in [6.07, 6.45) is 6.95. The van der Waals surface area contributed by atoms with Crippen molar-refractivity contribution >= 4 is 21.9 Å². The van der Waals surface area contributed by atoms with Crippen molar-refractivity contribution in [2.24, 2.45) is 0 Å². The highest BCUT2D eigenvalue weighted by Gasteiger charge is 2.29. The summed E-state index contributed by atoms with van der Waals surface area (Å²) in [6, 6.07) is 6.86. The molecule has 0 amide bonds. The van der Waals surface area contributed by atoms with E-state index in [0.717, 1.165) is 25.3 Å². The molecule has 0 spiro atoms. The van der Waals surface area contributed by atoms with E-state index in [-0.39, 0.29) is 11.0 Å². The number of H-pyrrole nitrogens is 1. The van der Waals surface area contributed by atoms with E-state index in [1.807, 2.05) is 0 Å². The van der Waals surface area contributed by atoms with Gasteiger partial charge in [0.1, 0.15) is 6.10 Å². The van der Waals surface area contributed by atoms with Gasteiger partial charge in [0, 0.05) is 18.9 Å². The maximum atomic E-state index is 12.6. The van der Waals surface area contributed by atoms with Crippen molar-refractivity contribution in [3.63, 3.8) is 0 Å². The molecule has 30 heavy (non-hydrogen) atoms. The van der Waals surface area contributed by atoms with Crippen molar-refractivity contribution < 1.29 is 23.2 Å². The number of carboxylic acid groups (broad SMARTS) is 1. The second kappa shape index (κ2) is 10.2. The average Bonchev–Trinajstić information content (AvgIpc) is 3.39. The number of rotatable bonds is 12. The third kappa shape index (κ3) is 6.31. The molecule has 1 aliphatic heterocycles. The van der Waals surface area contributed by atoms with Gasteiger partial charge in [-0.05, 0) is 37.5 Å². The lowest BCUT2D eigenvalue weighted by Crippen LogP contribution is -2.40. The first-order chi connectivity index (χ1) is 14.4. The molecule has 0 saturated heterocycles. The molecular formula is C19H25N5O5S. The van der Waals surface area contributed by atoms with Crippen molar-refractivity contribution in [2.75, 3.05) is 11.9 Å². The minimum Gasteiger partial charge on any atom is -0.481 e. The minimum absolute atomic E-state index is 0.0699. The average molecular weight is 436 g/mol. The number of unbranched alkanes of at least 4 members (excludes halogenated alkanes) is 1. The molecule has 0 fully saturated rings. The van der Waals surface area contributed by atoms with Gasteiger partial charge in [0.25, 0.3) is 0 Å². The fourth-order valence-electron chi connectivity index (χ4n) is 3.03. The number of nitrogens with zero attached hydrogens (tertiary/aromatic N) is 1.